The van der Waals surface area contributed by atoms with E-state index >= 15 is 0 Å². The second kappa shape index (κ2) is 7.03. The lowest BCUT2D eigenvalue weighted by Crippen LogP contribution is -2.33. The second-order valence-electron chi connectivity index (χ2n) is 4.68. The molecule has 0 saturated carbocycles. The Balaban J connectivity index is 2.03. The molecule has 0 saturated heterocycles. The van der Waals surface area contributed by atoms with Gasteiger partial charge in [0.2, 0.25) is 15.9 Å². The summed E-state index contributed by atoms with van der Waals surface area (Å²) in [5.74, 6) is -0.716. The third-order valence-corrected chi connectivity index (χ3v) is 4.33. The predicted molar refractivity (Wildman–Crippen MR) is 87.7 cm³/mol. The number of amides is 1. The van der Waals surface area contributed by atoms with Crippen molar-refractivity contribution in [1.82, 2.24) is 4.72 Å². The molecule has 1 amide bonds. The molecule has 0 aromatic heterocycles. The van der Waals surface area contributed by atoms with Crippen molar-refractivity contribution in [3.8, 4) is 0 Å². The third-order valence-electron chi connectivity index (χ3n) is 2.94. The molecule has 23 heavy (non-hydrogen) atoms. The van der Waals surface area contributed by atoms with E-state index in [2.05, 4.69) is 10.0 Å². The van der Waals surface area contributed by atoms with E-state index in [1.807, 2.05) is 0 Å². The Bertz CT molecular complexity index is 820. The van der Waals surface area contributed by atoms with Crippen LogP contribution in [0.5, 0.6) is 0 Å². The maximum absolute atomic E-state index is 12.2. The van der Waals surface area contributed by atoms with Gasteiger partial charge in [0.15, 0.2) is 0 Å². The quantitative estimate of drug-likeness (QED) is 0.463. The second-order valence-corrected chi connectivity index (χ2v) is 6.45. The molecule has 2 aromatic rings. The maximum Gasteiger partial charge on any atom is 0.241 e. The highest BCUT2D eigenvalue weighted by atomic mass is 32.2. The average Bonchev–Trinajstić information content (AvgIpc) is 2.54. The van der Waals surface area contributed by atoms with Gasteiger partial charge in [-0.2, -0.15) is 0 Å². The average molecular weight is 332 g/mol. The highest BCUT2D eigenvalue weighted by molar-refractivity contribution is 7.89. The first-order valence-corrected chi connectivity index (χ1v) is 8.16. The molecule has 120 valence electrons. The topological polar surface area (TPSA) is 125 Å². The molecular formula is C15H16N4O3S. The van der Waals surface area contributed by atoms with Gasteiger partial charge in [0.1, 0.15) is 5.84 Å². The molecule has 5 N–H and O–H groups in total. The Hall–Kier alpha value is -2.71. The molecule has 0 fully saturated rings. The molecule has 0 aliphatic carbocycles. The fraction of sp³-hybridized carbons (Fsp3) is 0.0667. The molecule has 0 atom stereocenters. The SMILES string of the molecule is N=C(N)c1cccc(S(=O)(=O)NCC(=O)Nc2ccccc2)c1. The van der Waals surface area contributed by atoms with E-state index < -0.39 is 22.5 Å². The number of rotatable bonds is 6. The Morgan fingerprint density at radius 1 is 1.09 bits per heavy atom. The summed E-state index contributed by atoms with van der Waals surface area (Å²) < 4.78 is 26.5. The van der Waals surface area contributed by atoms with Crippen LogP contribution in [0.3, 0.4) is 0 Å². The first kappa shape index (κ1) is 16.7. The number of nitrogens with two attached hydrogens (primary N) is 1. The summed E-state index contributed by atoms with van der Waals surface area (Å²) in [5, 5.41) is 9.91. The monoisotopic (exact) mass is 332 g/mol. The number of hydrogen-bond donors (Lipinski definition) is 4. The minimum Gasteiger partial charge on any atom is -0.384 e. The van der Waals surface area contributed by atoms with Crippen molar-refractivity contribution < 1.29 is 13.2 Å². The standard InChI is InChI=1S/C15H16N4O3S/c16-15(17)11-5-4-8-13(9-11)23(21,22)18-10-14(20)19-12-6-2-1-3-7-12/h1-9,18H,10H2,(H3,16,17)(H,19,20). The Labute approximate surface area is 134 Å². The minimum absolute atomic E-state index is 0.0577. The number of nitrogen functional groups attached to an aromatic ring is 1. The van der Waals surface area contributed by atoms with Crippen LogP contribution in [0.15, 0.2) is 59.5 Å². The highest BCUT2D eigenvalue weighted by Crippen LogP contribution is 2.11. The Kier molecular flexibility index (Phi) is 5.09. The van der Waals surface area contributed by atoms with E-state index in [1.54, 1.807) is 30.3 Å². The summed E-state index contributed by atoms with van der Waals surface area (Å²) in [6, 6.07) is 14.4. The molecule has 0 heterocycles. The van der Waals surface area contributed by atoms with Crippen LogP contribution in [0, 0.1) is 5.41 Å². The molecule has 2 aromatic carbocycles. The molecule has 0 aliphatic heterocycles. The third kappa shape index (κ3) is 4.63. The first-order chi connectivity index (χ1) is 10.9. The number of nitrogens with one attached hydrogen (secondary N) is 3. The van der Waals surface area contributed by atoms with Crippen molar-refractivity contribution in [2.45, 2.75) is 4.90 Å². The number of sulfonamides is 1. The molecule has 8 heteroatoms. The molecule has 2 rings (SSSR count). The van der Waals surface area contributed by atoms with Crippen LogP contribution in [0.25, 0.3) is 0 Å². The van der Waals surface area contributed by atoms with Crippen LogP contribution in [-0.4, -0.2) is 26.7 Å². The van der Waals surface area contributed by atoms with Gasteiger partial charge in [-0.15, -0.1) is 0 Å². The van der Waals surface area contributed by atoms with E-state index in [0.717, 1.165) is 0 Å². The number of para-hydroxylation sites is 1. The molecule has 0 aliphatic rings. The molecule has 7 nitrogen and oxygen atoms in total. The summed E-state index contributed by atoms with van der Waals surface area (Å²) in [5.41, 5.74) is 6.21. The van der Waals surface area contributed by atoms with Crippen LogP contribution in [0.4, 0.5) is 5.69 Å². The van der Waals surface area contributed by atoms with Gasteiger partial charge >= 0.3 is 0 Å². The van der Waals surface area contributed by atoms with Gasteiger partial charge in [-0.05, 0) is 24.3 Å². The predicted octanol–water partition coefficient (Wildman–Crippen LogP) is 0.888. The summed E-state index contributed by atoms with van der Waals surface area (Å²) in [4.78, 5) is 11.7. The summed E-state index contributed by atoms with van der Waals surface area (Å²) in [6.45, 7) is -0.401. The van der Waals surface area contributed by atoms with Crippen molar-refractivity contribution in [3.05, 3.63) is 60.2 Å². The number of benzene rings is 2. The van der Waals surface area contributed by atoms with E-state index in [4.69, 9.17) is 11.1 Å². The van der Waals surface area contributed by atoms with Crippen LogP contribution < -0.4 is 15.8 Å². The van der Waals surface area contributed by atoms with Crippen molar-refractivity contribution in [2.24, 2.45) is 5.73 Å². The largest absolute Gasteiger partial charge is 0.384 e. The lowest BCUT2D eigenvalue weighted by Gasteiger charge is -2.09. The minimum atomic E-state index is -3.87. The zero-order valence-electron chi connectivity index (χ0n) is 12.1. The number of amidine groups is 1. The van der Waals surface area contributed by atoms with Gasteiger partial charge in [0.05, 0.1) is 11.4 Å². The van der Waals surface area contributed by atoms with Gasteiger partial charge in [-0.25, -0.2) is 13.1 Å². The lowest BCUT2D eigenvalue weighted by atomic mass is 10.2. The number of carbonyl (C=O) groups excluding carboxylic acids is 1. The van der Waals surface area contributed by atoms with Gasteiger partial charge in [0.25, 0.3) is 0 Å². The van der Waals surface area contributed by atoms with Crippen LogP contribution in [-0.2, 0) is 14.8 Å². The summed E-state index contributed by atoms with van der Waals surface area (Å²) in [7, 11) is -3.87. The number of anilines is 1. The van der Waals surface area contributed by atoms with E-state index in [0.29, 0.717) is 11.3 Å². The molecule has 0 unspecified atom stereocenters. The lowest BCUT2D eigenvalue weighted by molar-refractivity contribution is -0.115. The normalized spacial score (nSPS) is 11.0. The molecular weight excluding hydrogens is 316 g/mol. The Morgan fingerprint density at radius 3 is 2.43 bits per heavy atom. The van der Waals surface area contributed by atoms with Gasteiger partial charge in [-0.1, -0.05) is 30.3 Å². The fourth-order valence-corrected chi connectivity index (χ4v) is 2.83. The fourth-order valence-electron chi connectivity index (χ4n) is 1.80. The van der Waals surface area contributed by atoms with Crippen molar-refractivity contribution >= 4 is 27.5 Å². The summed E-state index contributed by atoms with van der Waals surface area (Å²) in [6.07, 6.45) is 0. The molecule has 0 bridgehead atoms. The van der Waals surface area contributed by atoms with Crippen molar-refractivity contribution in [2.75, 3.05) is 11.9 Å². The van der Waals surface area contributed by atoms with Crippen LogP contribution in [0.1, 0.15) is 5.56 Å². The van der Waals surface area contributed by atoms with Crippen molar-refractivity contribution in [3.63, 3.8) is 0 Å². The van der Waals surface area contributed by atoms with Crippen LogP contribution >= 0.6 is 0 Å². The molecule has 0 spiro atoms. The van der Waals surface area contributed by atoms with Crippen molar-refractivity contribution in [1.29, 1.82) is 5.41 Å². The first-order valence-electron chi connectivity index (χ1n) is 6.67. The zero-order chi connectivity index (χ0) is 16.9. The maximum atomic E-state index is 12.2. The summed E-state index contributed by atoms with van der Waals surface area (Å²) >= 11 is 0. The molecule has 0 radical (unpaired) electrons. The highest BCUT2D eigenvalue weighted by Gasteiger charge is 2.16. The van der Waals surface area contributed by atoms with Gasteiger partial charge < -0.3 is 11.1 Å². The van der Waals surface area contributed by atoms with E-state index in [-0.39, 0.29) is 10.7 Å². The van der Waals surface area contributed by atoms with Gasteiger partial charge in [0, 0.05) is 11.3 Å². The van der Waals surface area contributed by atoms with E-state index in [9.17, 15) is 13.2 Å². The number of carbonyl (C=O) groups is 1. The van der Waals surface area contributed by atoms with E-state index in [1.165, 1.54) is 24.3 Å². The zero-order valence-corrected chi connectivity index (χ0v) is 12.9. The number of hydrogen-bond acceptors (Lipinski definition) is 4. The Morgan fingerprint density at radius 2 is 1.78 bits per heavy atom. The van der Waals surface area contributed by atoms with Gasteiger partial charge in [-0.3, -0.25) is 10.2 Å². The van der Waals surface area contributed by atoms with Crippen LogP contribution in [0.2, 0.25) is 0 Å². The smallest absolute Gasteiger partial charge is 0.241 e.